The van der Waals surface area contributed by atoms with Crippen LogP contribution in [0.15, 0.2) is 22.5 Å². The molecule has 1 N–H and O–H groups in total. The predicted octanol–water partition coefficient (Wildman–Crippen LogP) is 2.46. The molecule has 0 spiro atoms. The minimum absolute atomic E-state index is 0.0730. The van der Waals surface area contributed by atoms with Gasteiger partial charge in [-0.05, 0) is 27.2 Å². The smallest absolute Gasteiger partial charge is 0.0987 e. The standard InChI is InChI=1S/C9H17N3/c1-5-9(4)7-6-8(2,3)10-12-11-9/h6-7H,5H2,1-4H3,(H,10,11). The first-order valence-electron chi connectivity index (χ1n) is 4.37. The van der Waals surface area contributed by atoms with Crippen molar-refractivity contribution in [2.24, 2.45) is 10.3 Å². The first kappa shape index (κ1) is 9.23. The van der Waals surface area contributed by atoms with Gasteiger partial charge in [0.15, 0.2) is 0 Å². The van der Waals surface area contributed by atoms with Gasteiger partial charge >= 0.3 is 0 Å². The summed E-state index contributed by atoms with van der Waals surface area (Å²) in [5, 5.41) is 8.16. The van der Waals surface area contributed by atoms with Crippen molar-refractivity contribution >= 4 is 0 Å². The summed E-state index contributed by atoms with van der Waals surface area (Å²) in [6, 6.07) is 0. The zero-order valence-corrected chi connectivity index (χ0v) is 8.26. The third-order valence-electron chi connectivity index (χ3n) is 2.19. The van der Waals surface area contributed by atoms with Gasteiger partial charge in [0, 0.05) is 0 Å². The molecule has 3 heteroatoms. The molecule has 0 aliphatic carbocycles. The molecular formula is C9H17N3. The molecule has 1 heterocycles. The summed E-state index contributed by atoms with van der Waals surface area (Å²) in [6.45, 7) is 8.34. The van der Waals surface area contributed by atoms with Crippen LogP contribution in [0.25, 0.3) is 0 Å². The first-order chi connectivity index (χ1) is 5.47. The normalized spacial score (nSPS) is 32.7. The summed E-state index contributed by atoms with van der Waals surface area (Å²) < 4.78 is 0. The highest BCUT2D eigenvalue weighted by atomic mass is 15.5. The van der Waals surface area contributed by atoms with E-state index in [1.807, 2.05) is 0 Å². The Morgan fingerprint density at radius 1 is 1.25 bits per heavy atom. The highest BCUT2D eigenvalue weighted by Crippen LogP contribution is 2.21. The second kappa shape index (κ2) is 2.88. The summed E-state index contributed by atoms with van der Waals surface area (Å²) in [5.74, 6) is 0. The average molecular weight is 167 g/mol. The maximum Gasteiger partial charge on any atom is 0.0987 e. The van der Waals surface area contributed by atoms with Crippen molar-refractivity contribution in [2.75, 3.05) is 0 Å². The van der Waals surface area contributed by atoms with Crippen LogP contribution in [0.5, 0.6) is 0 Å². The fourth-order valence-corrected chi connectivity index (χ4v) is 0.915. The SMILES string of the molecule is CCC1(C)C=CC(C)(C)NN=N1. The van der Waals surface area contributed by atoms with Gasteiger partial charge in [-0.1, -0.05) is 24.3 Å². The molecule has 12 heavy (non-hydrogen) atoms. The average Bonchev–Trinajstić information content (AvgIpc) is 2.13. The summed E-state index contributed by atoms with van der Waals surface area (Å²) in [6.07, 6.45) is 5.22. The maximum absolute atomic E-state index is 4.20. The van der Waals surface area contributed by atoms with Gasteiger partial charge in [0.2, 0.25) is 0 Å². The monoisotopic (exact) mass is 167 g/mol. The van der Waals surface area contributed by atoms with Gasteiger partial charge in [-0.3, -0.25) is 5.43 Å². The van der Waals surface area contributed by atoms with Crippen molar-refractivity contribution in [3.63, 3.8) is 0 Å². The highest BCUT2D eigenvalue weighted by molar-refractivity contribution is 5.11. The lowest BCUT2D eigenvalue weighted by molar-refractivity contribution is 0.460. The molecule has 68 valence electrons. The second-order valence-electron chi connectivity index (χ2n) is 4.08. The van der Waals surface area contributed by atoms with E-state index in [1.54, 1.807) is 0 Å². The molecular weight excluding hydrogens is 150 g/mol. The van der Waals surface area contributed by atoms with E-state index in [0.29, 0.717) is 0 Å². The van der Waals surface area contributed by atoms with E-state index in [0.717, 1.165) is 6.42 Å². The van der Waals surface area contributed by atoms with Crippen molar-refractivity contribution in [3.8, 4) is 0 Å². The van der Waals surface area contributed by atoms with Gasteiger partial charge in [0.1, 0.15) is 0 Å². The lowest BCUT2D eigenvalue weighted by Gasteiger charge is -2.17. The van der Waals surface area contributed by atoms with Crippen LogP contribution in [0, 0.1) is 0 Å². The molecule has 1 atom stereocenters. The lowest BCUT2D eigenvalue weighted by Crippen LogP contribution is -2.31. The van der Waals surface area contributed by atoms with Crippen LogP contribution in [0.2, 0.25) is 0 Å². The Kier molecular flexibility index (Phi) is 2.22. The fourth-order valence-electron chi connectivity index (χ4n) is 0.915. The molecule has 0 saturated carbocycles. The number of hydrogen-bond donors (Lipinski definition) is 1. The van der Waals surface area contributed by atoms with Crippen LogP contribution in [0.1, 0.15) is 34.1 Å². The molecule has 0 saturated heterocycles. The number of nitrogens with zero attached hydrogens (tertiary/aromatic N) is 2. The molecule has 1 rings (SSSR count). The molecule has 0 fully saturated rings. The van der Waals surface area contributed by atoms with Crippen LogP contribution in [0.3, 0.4) is 0 Å². The summed E-state index contributed by atoms with van der Waals surface area (Å²) in [7, 11) is 0. The minimum atomic E-state index is -0.124. The lowest BCUT2D eigenvalue weighted by atomic mass is 9.96. The Morgan fingerprint density at radius 2 is 1.92 bits per heavy atom. The molecule has 0 radical (unpaired) electrons. The Labute approximate surface area is 73.9 Å². The molecule has 3 nitrogen and oxygen atoms in total. The van der Waals surface area contributed by atoms with E-state index >= 15 is 0 Å². The van der Waals surface area contributed by atoms with E-state index in [-0.39, 0.29) is 11.1 Å². The number of rotatable bonds is 1. The van der Waals surface area contributed by atoms with Gasteiger partial charge in [0.05, 0.1) is 11.1 Å². The van der Waals surface area contributed by atoms with Gasteiger partial charge < -0.3 is 0 Å². The largest absolute Gasteiger partial charge is 0.282 e. The number of nitrogens with one attached hydrogen (secondary N) is 1. The van der Waals surface area contributed by atoms with Crippen molar-refractivity contribution in [1.82, 2.24) is 5.43 Å². The van der Waals surface area contributed by atoms with E-state index < -0.39 is 0 Å². The maximum atomic E-state index is 4.20. The molecule has 0 amide bonds. The van der Waals surface area contributed by atoms with Gasteiger partial charge in [-0.2, -0.15) is 5.11 Å². The van der Waals surface area contributed by atoms with Crippen molar-refractivity contribution in [3.05, 3.63) is 12.2 Å². The van der Waals surface area contributed by atoms with Gasteiger partial charge in [-0.15, -0.1) is 0 Å². The molecule has 1 aliphatic rings. The molecule has 1 aliphatic heterocycles. The zero-order chi connectivity index (χ0) is 9.24. The van der Waals surface area contributed by atoms with E-state index in [2.05, 4.69) is 55.6 Å². The minimum Gasteiger partial charge on any atom is -0.282 e. The van der Waals surface area contributed by atoms with Crippen LogP contribution < -0.4 is 5.43 Å². The molecule has 1 unspecified atom stereocenters. The van der Waals surface area contributed by atoms with Crippen LogP contribution in [-0.4, -0.2) is 11.1 Å². The van der Waals surface area contributed by atoms with Crippen molar-refractivity contribution in [1.29, 1.82) is 0 Å². The first-order valence-corrected chi connectivity index (χ1v) is 4.37. The van der Waals surface area contributed by atoms with Crippen molar-refractivity contribution in [2.45, 2.75) is 45.2 Å². The zero-order valence-electron chi connectivity index (χ0n) is 8.26. The fraction of sp³-hybridized carbons (Fsp3) is 0.778. The molecule has 0 aromatic carbocycles. The quantitative estimate of drug-likeness (QED) is 0.598. The molecule has 0 aromatic rings. The topological polar surface area (TPSA) is 36.8 Å². The third kappa shape index (κ3) is 2.06. The van der Waals surface area contributed by atoms with E-state index in [9.17, 15) is 0 Å². The Hall–Kier alpha value is -0.860. The van der Waals surface area contributed by atoms with Crippen molar-refractivity contribution < 1.29 is 0 Å². The summed E-state index contributed by atoms with van der Waals surface area (Å²) in [4.78, 5) is 0. The van der Waals surface area contributed by atoms with Crippen LogP contribution >= 0.6 is 0 Å². The summed E-state index contributed by atoms with van der Waals surface area (Å²) >= 11 is 0. The Morgan fingerprint density at radius 3 is 2.50 bits per heavy atom. The predicted molar refractivity (Wildman–Crippen MR) is 49.9 cm³/mol. The highest BCUT2D eigenvalue weighted by Gasteiger charge is 2.23. The van der Waals surface area contributed by atoms with Crippen LogP contribution in [-0.2, 0) is 0 Å². The molecule has 0 aromatic heterocycles. The number of hydrogen-bond acceptors (Lipinski definition) is 3. The summed E-state index contributed by atoms with van der Waals surface area (Å²) in [5.41, 5.74) is 2.78. The van der Waals surface area contributed by atoms with Gasteiger partial charge in [-0.25, -0.2) is 0 Å². The Balaban J connectivity index is 2.87. The Bertz CT molecular complexity index is 218. The van der Waals surface area contributed by atoms with Gasteiger partial charge in [0.25, 0.3) is 0 Å². The van der Waals surface area contributed by atoms with E-state index in [1.165, 1.54) is 0 Å². The van der Waals surface area contributed by atoms with Crippen LogP contribution in [0.4, 0.5) is 0 Å². The van der Waals surface area contributed by atoms with E-state index in [4.69, 9.17) is 0 Å². The third-order valence-corrected chi connectivity index (χ3v) is 2.19. The molecule has 0 bridgehead atoms. The second-order valence-corrected chi connectivity index (χ2v) is 4.08.